The van der Waals surface area contributed by atoms with Crippen molar-refractivity contribution in [3.8, 4) is 5.88 Å². The molecule has 1 aromatic rings. The van der Waals surface area contributed by atoms with Crippen LogP contribution in [0.5, 0.6) is 5.88 Å². The van der Waals surface area contributed by atoms with E-state index in [1.165, 1.54) is 0 Å². The number of hydrogen-bond acceptors (Lipinski definition) is 5. The second-order valence-electron chi connectivity index (χ2n) is 6.63. The molecule has 2 heterocycles. The Morgan fingerprint density at radius 1 is 1.41 bits per heavy atom. The Kier molecular flexibility index (Phi) is 4.78. The van der Waals surface area contributed by atoms with Gasteiger partial charge in [0.2, 0.25) is 5.88 Å². The molecule has 0 radical (unpaired) electrons. The van der Waals surface area contributed by atoms with Crippen LogP contribution in [0, 0.1) is 0 Å². The monoisotopic (exact) mass is 307 g/mol. The highest BCUT2D eigenvalue weighted by Crippen LogP contribution is 2.29. The third-order valence-electron chi connectivity index (χ3n) is 3.54. The van der Waals surface area contributed by atoms with Crippen LogP contribution in [0.4, 0.5) is 10.5 Å². The van der Waals surface area contributed by atoms with Gasteiger partial charge in [-0.1, -0.05) is 0 Å². The average Bonchev–Trinajstić information content (AvgIpc) is 2.45. The minimum Gasteiger partial charge on any atom is -0.481 e. The molecule has 1 aliphatic rings. The van der Waals surface area contributed by atoms with Gasteiger partial charge >= 0.3 is 6.09 Å². The van der Waals surface area contributed by atoms with Crippen molar-refractivity contribution in [2.24, 2.45) is 0 Å². The number of ether oxygens (including phenoxy) is 2. The molecule has 6 heteroatoms. The Balaban J connectivity index is 2.10. The summed E-state index contributed by atoms with van der Waals surface area (Å²) in [5.74, 6) is 0.656. The van der Waals surface area contributed by atoms with Gasteiger partial charge in [-0.05, 0) is 39.7 Å². The Labute approximate surface area is 131 Å². The van der Waals surface area contributed by atoms with Crippen LogP contribution in [-0.2, 0) is 4.74 Å². The molecule has 1 amide bonds. The second kappa shape index (κ2) is 6.42. The molecular formula is C16H25N3O3. The second-order valence-corrected chi connectivity index (χ2v) is 6.63. The number of amides is 1. The highest BCUT2D eigenvalue weighted by molar-refractivity contribution is 5.68. The number of aromatic nitrogens is 1. The molecule has 0 aromatic carbocycles. The first-order chi connectivity index (χ1) is 10.3. The molecule has 2 rings (SSSR count). The number of rotatable bonds is 2. The summed E-state index contributed by atoms with van der Waals surface area (Å²) in [6.07, 6.45) is 1.62. The van der Waals surface area contributed by atoms with Crippen LogP contribution in [0.1, 0.15) is 45.2 Å². The van der Waals surface area contributed by atoms with Crippen molar-refractivity contribution in [2.45, 2.75) is 45.1 Å². The number of likely N-dealkylation sites (tertiary alicyclic amines) is 1. The molecule has 1 aromatic heterocycles. The van der Waals surface area contributed by atoms with Crippen molar-refractivity contribution in [1.29, 1.82) is 0 Å². The lowest BCUT2D eigenvalue weighted by Crippen LogP contribution is -2.42. The molecule has 1 fully saturated rings. The first kappa shape index (κ1) is 16.4. The van der Waals surface area contributed by atoms with Gasteiger partial charge in [0.25, 0.3) is 0 Å². The number of methoxy groups -OCH3 is 1. The number of nitrogens with two attached hydrogens (primary N) is 1. The Morgan fingerprint density at radius 2 is 2.14 bits per heavy atom. The van der Waals surface area contributed by atoms with E-state index in [1.807, 2.05) is 26.8 Å². The maximum Gasteiger partial charge on any atom is 0.410 e. The molecule has 1 unspecified atom stereocenters. The highest BCUT2D eigenvalue weighted by Gasteiger charge is 2.29. The summed E-state index contributed by atoms with van der Waals surface area (Å²) in [4.78, 5) is 18.4. The molecule has 0 saturated carbocycles. The van der Waals surface area contributed by atoms with E-state index in [4.69, 9.17) is 15.2 Å². The minimum atomic E-state index is -0.483. The zero-order chi connectivity index (χ0) is 16.3. The zero-order valence-corrected chi connectivity index (χ0v) is 13.8. The van der Waals surface area contributed by atoms with E-state index in [-0.39, 0.29) is 12.0 Å². The third kappa shape index (κ3) is 4.26. The van der Waals surface area contributed by atoms with Gasteiger partial charge in [0.1, 0.15) is 5.60 Å². The van der Waals surface area contributed by atoms with Gasteiger partial charge in [0.15, 0.2) is 0 Å². The molecule has 1 atom stereocenters. The Morgan fingerprint density at radius 3 is 2.77 bits per heavy atom. The minimum absolute atomic E-state index is 0.152. The summed E-state index contributed by atoms with van der Waals surface area (Å²) < 4.78 is 10.6. The average molecular weight is 307 g/mol. The molecule has 6 nitrogen and oxygen atoms in total. The fourth-order valence-corrected chi connectivity index (χ4v) is 2.57. The van der Waals surface area contributed by atoms with Gasteiger partial charge in [-0.15, -0.1) is 0 Å². The van der Waals surface area contributed by atoms with Gasteiger partial charge in [-0.25, -0.2) is 9.78 Å². The predicted octanol–water partition coefficient (Wildman–Crippen LogP) is 2.79. The molecule has 2 N–H and O–H groups in total. The van der Waals surface area contributed by atoms with E-state index in [9.17, 15) is 4.79 Å². The molecule has 0 bridgehead atoms. The fourth-order valence-electron chi connectivity index (χ4n) is 2.57. The number of hydrogen-bond donors (Lipinski definition) is 1. The van der Waals surface area contributed by atoms with Crippen LogP contribution in [0.2, 0.25) is 0 Å². The normalized spacial score (nSPS) is 18.9. The summed E-state index contributed by atoms with van der Waals surface area (Å²) >= 11 is 0. The van der Waals surface area contributed by atoms with Crippen molar-refractivity contribution in [1.82, 2.24) is 9.88 Å². The van der Waals surface area contributed by atoms with Gasteiger partial charge in [0, 0.05) is 30.8 Å². The lowest BCUT2D eigenvalue weighted by atomic mass is 9.94. The first-order valence-corrected chi connectivity index (χ1v) is 7.58. The lowest BCUT2D eigenvalue weighted by molar-refractivity contribution is 0.0197. The van der Waals surface area contributed by atoms with Gasteiger partial charge in [0.05, 0.1) is 12.8 Å². The highest BCUT2D eigenvalue weighted by atomic mass is 16.6. The lowest BCUT2D eigenvalue weighted by Gasteiger charge is -2.34. The van der Waals surface area contributed by atoms with Crippen molar-refractivity contribution in [2.75, 3.05) is 25.9 Å². The van der Waals surface area contributed by atoms with Crippen LogP contribution in [0.3, 0.4) is 0 Å². The topological polar surface area (TPSA) is 77.7 Å². The van der Waals surface area contributed by atoms with E-state index in [2.05, 4.69) is 4.98 Å². The van der Waals surface area contributed by atoms with Crippen molar-refractivity contribution in [3.63, 3.8) is 0 Å². The fraction of sp³-hybridized carbons (Fsp3) is 0.625. The molecular weight excluding hydrogens is 282 g/mol. The van der Waals surface area contributed by atoms with E-state index in [0.29, 0.717) is 24.7 Å². The molecule has 0 aliphatic carbocycles. The van der Waals surface area contributed by atoms with Crippen molar-refractivity contribution >= 4 is 11.8 Å². The Hall–Kier alpha value is -1.98. The number of carbonyl (C=O) groups excluding carboxylic acids is 1. The smallest absolute Gasteiger partial charge is 0.410 e. The van der Waals surface area contributed by atoms with Gasteiger partial charge < -0.3 is 20.1 Å². The summed E-state index contributed by atoms with van der Waals surface area (Å²) in [5.41, 5.74) is 6.90. The summed E-state index contributed by atoms with van der Waals surface area (Å²) in [6.45, 7) is 6.92. The summed E-state index contributed by atoms with van der Waals surface area (Å²) in [7, 11) is 1.57. The number of nitrogens with zero attached hydrogens (tertiary/aromatic N) is 2. The van der Waals surface area contributed by atoms with Crippen LogP contribution in [0.15, 0.2) is 12.1 Å². The van der Waals surface area contributed by atoms with Crippen molar-refractivity contribution < 1.29 is 14.3 Å². The summed E-state index contributed by atoms with van der Waals surface area (Å²) in [5, 5.41) is 0. The zero-order valence-electron chi connectivity index (χ0n) is 13.8. The van der Waals surface area contributed by atoms with Crippen LogP contribution in [0.25, 0.3) is 0 Å². The SMILES string of the molecule is COc1cc(N)cc(C2CCCN(C(=O)OC(C)(C)C)C2)n1. The molecule has 122 valence electrons. The molecule has 1 saturated heterocycles. The number of anilines is 1. The Bertz CT molecular complexity index is 540. The maximum atomic E-state index is 12.2. The van der Waals surface area contributed by atoms with Crippen molar-refractivity contribution in [3.05, 3.63) is 17.8 Å². The van der Waals surface area contributed by atoms with E-state index >= 15 is 0 Å². The van der Waals surface area contributed by atoms with E-state index in [0.717, 1.165) is 18.5 Å². The maximum absolute atomic E-state index is 12.2. The predicted molar refractivity (Wildman–Crippen MR) is 85.0 cm³/mol. The van der Waals surface area contributed by atoms with E-state index in [1.54, 1.807) is 18.1 Å². The molecule has 1 aliphatic heterocycles. The number of piperidine rings is 1. The third-order valence-corrected chi connectivity index (χ3v) is 3.54. The largest absolute Gasteiger partial charge is 0.481 e. The van der Waals surface area contributed by atoms with Crippen LogP contribution in [-0.4, -0.2) is 41.8 Å². The quantitative estimate of drug-likeness (QED) is 0.909. The number of carbonyl (C=O) groups is 1. The van der Waals surface area contributed by atoms with Gasteiger partial charge in [-0.3, -0.25) is 0 Å². The molecule has 0 spiro atoms. The van der Waals surface area contributed by atoms with E-state index < -0.39 is 5.60 Å². The number of pyridine rings is 1. The van der Waals surface area contributed by atoms with Crippen LogP contribution < -0.4 is 10.5 Å². The van der Waals surface area contributed by atoms with Crippen LogP contribution >= 0.6 is 0 Å². The summed E-state index contributed by atoms with van der Waals surface area (Å²) in [6, 6.07) is 3.55. The standard InChI is InChI=1S/C16H25N3O3/c1-16(2,3)22-15(20)19-7-5-6-11(10-19)13-8-12(17)9-14(18-13)21-4/h8-9,11H,5-7,10H2,1-4H3,(H2,17,18). The molecule has 22 heavy (non-hydrogen) atoms. The number of nitrogen functional groups attached to an aromatic ring is 1. The first-order valence-electron chi connectivity index (χ1n) is 7.58. The van der Waals surface area contributed by atoms with Gasteiger partial charge in [-0.2, -0.15) is 0 Å².